The Bertz CT molecular complexity index is 1300. The van der Waals surface area contributed by atoms with Crippen molar-refractivity contribution in [2.75, 3.05) is 13.2 Å². The Balaban J connectivity index is 3.33. The van der Waals surface area contributed by atoms with Gasteiger partial charge in [-0.2, -0.15) is 0 Å². The number of esters is 1. The number of aliphatic hydroxyl groups excluding tert-OH is 2. The summed E-state index contributed by atoms with van der Waals surface area (Å²) in [5, 5.41) is 23.0. The number of carbonyl (C=O) groups is 2. The Morgan fingerprint density at radius 1 is 0.350 bits per heavy atom. The highest BCUT2D eigenvalue weighted by Crippen LogP contribution is 2.19. The average molecular weight is 1120 g/mol. The van der Waals surface area contributed by atoms with Crippen LogP contribution in [-0.4, -0.2) is 47.4 Å². The molecule has 0 aliphatic carbocycles. The summed E-state index contributed by atoms with van der Waals surface area (Å²) in [4.78, 5) is 24.5. The molecule has 0 spiro atoms. The van der Waals surface area contributed by atoms with Gasteiger partial charge in [0.15, 0.2) is 0 Å². The van der Waals surface area contributed by atoms with E-state index in [1.807, 2.05) is 6.08 Å². The van der Waals surface area contributed by atoms with Gasteiger partial charge in [0.2, 0.25) is 5.91 Å². The Morgan fingerprint density at radius 2 is 0.625 bits per heavy atom. The van der Waals surface area contributed by atoms with Crippen molar-refractivity contribution in [3.8, 4) is 0 Å². The van der Waals surface area contributed by atoms with Crippen molar-refractivity contribution in [3.05, 3.63) is 36.5 Å². The van der Waals surface area contributed by atoms with Crippen LogP contribution in [0, 0.1) is 0 Å². The molecular formula is C74H141NO5. The van der Waals surface area contributed by atoms with Crippen LogP contribution in [0.15, 0.2) is 36.5 Å². The molecule has 0 aromatic heterocycles. The zero-order valence-corrected chi connectivity index (χ0v) is 54.1. The number of hydrogen-bond acceptors (Lipinski definition) is 5. The summed E-state index contributed by atoms with van der Waals surface area (Å²) < 4.78 is 5.51. The summed E-state index contributed by atoms with van der Waals surface area (Å²) in [7, 11) is 0. The molecule has 2 unspecified atom stereocenters. The molecule has 0 saturated heterocycles. The molecule has 0 rings (SSSR count). The first kappa shape index (κ1) is 78.1. The van der Waals surface area contributed by atoms with E-state index in [0.717, 1.165) is 44.9 Å². The van der Waals surface area contributed by atoms with Gasteiger partial charge < -0.3 is 20.3 Å². The Labute approximate surface area is 500 Å². The van der Waals surface area contributed by atoms with Crippen molar-refractivity contribution in [1.29, 1.82) is 0 Å². The molecule has 0 aromatic carbocycles. The van der Waals surface area contributed by atoms with Gasteiger partial charge in [-0.1, -0.05) is 359 Å². The lowest BCUT2D eigenvalue weighted by Gasteiger charge is -2.20. The van der Waals surface area contributed by atoms with E-state index >= 15 is 0 Å². The van der Waals surface area contributed by atoms with Gasteiger partial charge in [0.25, 0.3) is 0 Å². The highest BCUT2D eigenvalue weighted by Gasteiger charge is 2.18. The molecule has 6 nitrogen and oxygen atoms in total. The molecule has 0 bridgehead atoms. The van der Waals surface area contributed by atoms with Gasteiger partial charge in [0, 0.05) is 12.8 Å². The summed E-state index contributed by atoms with van der Waals surface area (Å²) in [5.74, 6) is -0.0454. The van der Waals surface area contributed by atoms with Crippen LogP contribution in [0.25, 0.3) is 0 Å². The first-order valence-corrected chi connectivity index (χ1v) is 36.3. The first-order valence-electron chi connectivity index (χ1n) is 36.3. The second-order valence-corrected chi connectivity index (χ2v) is 24.9. The summed E-state index contributed by atoms with van der Waals surface area (Å²) >= 11 is 0. The van der Waals surface area contributed by atoms with Crippen LogP contribution in [0.1, 0.15) is 399 Å². The maximum atomic E-state index is 12.4. The summed E-state index contributed by atoms with van der Waals surface area (Å²) in [5.41, 5.74) is 0. The fourth-order valence-corrected chi connectivity index (χ4v) is 11.4. The summed E-state index contributed by atoms with van der Waals surface area (Å²) in [6.07, 6.45) is 89.7. The Morgan fingerprint density at radius 3 is 0.950 bits per heavy atom. The lowest BCUT2D eigenvalue weighted by atomic mass is 10.0. The van der Waals surface area contributed by atoms with Crippen molar-refractivity contribution in [3.63, 3.8) is 0 Å². The van der Waals surface area contributed by atoms with Gasteiger partial charge in [-0.15, -0.1) is 0 Å². The minimum atomic E-state index is -0.840. The number of carbonyl (C=O) groups excluding carboxylic acids is 2. The van der Waals surface area contributed by atoms with E-state index in [1.54, 1.807) is 6.08 Å². The van der Waals surface area contributed by atoms with Gasteiger partial charge in [0.05, 0.1) is 25.4 Å². The first-order chi connectivity index (χ1) is 39.5. The molecule has 0 radical (unpaired) electrons. The molecule has 472 valence electrons. The van der Waals surface area contributed by atoms with Crippen LogP contribution in [0.3, 0.4) is 0 Å². The molecule has 0 aliphatic rings. The van der Waals surface area contributed by atoms with E-state index in [0.29, 0.717) is 19.4 Å². The fraction of sp³-hybridized carbons (Fsp3) is 0.892. The molecule has 0 heterocycles. The predicted molar refractivity (Wildman–Crippen MR) is 352 cm³/mol. The van der Waals surface area contributed by atoms with Gasteiger partial charge in [0.1, 0.15) is 0 Å². The molecule has 0 fully saturated rings. The van der Waals surface area contributed by atoms with Gasteiger partial charge >= 0.3 is 5.97 Å². The second kappa shape index (κ2) is 69.6. The quantitative estimate of drug-likeness (QED) is 0.0320. The third-order valence-corrected chi connectivity index (χ3v) is 16.9. The molecule has 80 heavy (non-hydrogen) atoms. The number of ether oxygens (including phenoxy) is 1. The zero-order valence-electron chi connectivity index (χ0n) is 54.1. The highest BCUT2D eigenvalue weighted by molar-refractivity contribution is 5.76. The smallest absolute Gasteiger partial charge is 0.305 e. The van der Waals surface area contributed by atoms with Crippen LogP contribution in [0.4, 0.5) is 0 Å². The van der Waals surface area contributed by atoms with Crippen molar-refractivity contribution in [2.45, 2.75) is 411 Å². The number of amides is 1. The minimum Gasteiger partial charge on any atom is -0.466 e. The molecular weight excluding hydrogens is 983 g/mol. The topological polar surface area (TPSA) is 95.9 Å². The van der Waals surface area contributed by atoms with Crippen LogP contribution < -0.4 is 5.32 Å². The molecule has 0 saturated carbocycles. The second-order valence-electron chi connectivity index (χ2n) is 24.9. The van der Waals surface area contributed by atoms with Crippen molar-refractivity contribution in [2.24, 2.45) is 0 Å². The third kappa shape index (κ3) is 65.2. The van der Waals surface area contributed by atoms with Gasteiger partial charge in [-0.25, -0.2) is 0 Å². The number of nitrogens with one attached hydrogen (secondary N) is 1. The fourth-order valence-electron chi connectivity index (χ4n) is 11.4. The van der Waals surface area contributed by atoms with E-state index in [1.165, 1.54) is 327 Å². The standard InChI is InChI=1S/C74H141NO5/c1-3-5-7-9-11-13-14-15-16-17-35-39-42-45-48-52-56-60-64-68-74(79)80-69-65-61-57-53-49-46-43-40-37-34-32-30-28-26-24-22-20-18-19-21-23-25-27-29-31-33-36-38-41-44-47-51-55-59-63-67-73(78)75-71(70-76)72(77)66-62-58-54-50-12-10-8-6-4-2/h20,22,26,28,62,66,71-72,76-77H,3-19,21,23-25,27,29-61,63-65,67-70H2,1-2H3,(H,75,78)/b22-20-,28-26-,66-62+. The molecule has 3 N–H and O–H groups in total. The largest absolute Gasteiger partial charge is 0.466 e. The lowest BCUT2D eigenvalue weighted by Crippen LogP contribution is -2.45. The molecule has 1 amide bonds. The minimum absolute atomic E-state index is 0.0217. The number of rotatable bonds is 68. The van der Waals surface area contributed by atoms with Crippen LogP contribution >= 0.6 is 0 Å². The zero-order chi connectivity index (χ0) is 57.8. The van der Waals surface area contributed by atoms with Crippen LogP contribution in [0.2, 0.25) is 0 Å². The van der Waals surface area contributed by atoms with Crippen molar-refractivity contribution >= 4 is 11.9 Å². The van der Waals surface area contributed by atoms with E-state index in [2.05, 4.69) is 43.5 Å². The lowest BCUT2D eigenvalue weighted by molar-refractivity contribution is -0.143. The monoisotopic (exact) mass is 1120 g/mol. The maximum absolute atomic E-state index is 12.4. The SMILES string of the molecule is CCCCCCCCC/C=C/C(O)C(CO)NC(=O)CCCCCCCCCCCCCCCCCCC/C=C\C/C=C\CCCCCCCCCCCCCOC(=O)CCCCCCCCCCCCCCCCCCCCC. The van der Waals surface area contributed by atoms with Crippen molar-refractivity contribution in [1.82, 2.24) is 5.32 Å². The Kier molecular flexibility index (Phi) is 67.9. The van der Waals surface area contributed by atoms with Gasteiger partial charge in [-0.3, -0.25) is 9.59 Å². The Hall–Kier alpha value is -1.92. The number of aliphatic hydroxyl groups is 2. The molecule has 0 aromatic rings. The van der Waals surface area contributed by atoms with Crippen LogP contribution in [0.5, 0.6) is 0 Å². The molecule has 0 aliphatic heterocycles. The van der Waals surface area contributed by atoms with E-state index in [4.69, 9.17) is 4.74 Å². The maximum Gasteiger partial charge on any atom is 0.305 e. The van der Waals surface area contributed by atoms with Crippen molar-refractivity contribution < 1.29 is 24.5 Å². The highest BCUT2D eigenvalue weighted by atomic mass is 16.5. The third-order valence-electron chi connectivity index (χ3n) is 16.9. The number of allylic oxidation sites excluding steroid dienone is 5. The van der Waals surface area contributed by atoms with Gasteiger partial charge in [-0.05, 0) is 64.2 Å². The molecule has 6 heteroatoms. The number of hydrogen-bond donors (Lipinski definition) is 3. The van der Waals surface area contributed by atoms with E-state index < -0.39 is 12.1 Å². The average Bonchev–Trinajstić information content (AvgIpc) is 3.46. The van der Waals surface area contributed by atoms with E-state index in [-0.39, 0.29) is 18.5 Å². The summed E-state index contributed by atoms with van der Waals surface area (Å²) in [6, 6.07) is -0.624. The van der Waals surface area contributed by atoms with E-state index in [9.17, 15) is 19.8 Å². The summed E-state index contributed by atoms with van der Waals surface area (Å²) in [6.45, 7) is 4.91. The molecule has 2 atom stereocenters. The predicted octanol–water partition coefficient (Wildman–Crippen LogP) is 23.5. The van der Waals surface area contributed by atoms with Crippen LogP contribution in [-0.2, 0) is 14.3 Å². The number of unbranched alkanes of at least 4 members (excludes halogenated alkanes) is 53. The normalized spacial score (nSPS) is 12.7.